The van der Waals surface area contributed by atoms with E-state index in [1.807, 2.05) is 42.8 Å². The molecule has 1 atom stereocenters. The number of aliphatic hydroxyl groups excluding tert-OH is 1. The van der Waals surface area contributed by atoms with Crippen molar-refractivity contribution in [2.75, 3.05) is 0 Å². The van der Waals surface area contributed by atoms with Crippen molar-refractivity contribution in [2.24, 2.45) is 7.05 Å². The Morgan fingerprint density at radius 2 is 2.06 bits per heavy atom. The molecule has 0 aliphatic heterocycles. The lowest BCUT2D eigenvalue weighted by Gasteiger charge is -2.08. The summed E-state index contributed by atoms with van der Waals surface area (Å²) in [6.07, 6.45) is 2.04. The van der Waals surface area contributed by atoms with Crippen LogP contribution in [0.4, 0.5) is 0 Å². The van der Waals surface area contributed by atoms with Gasteiger partial charge in [-0.25, -0.2) is 0 Å². The van der Waals surface area contributed by atoms with Crippen molar-refractivity contribution in [1.82, 2.24) is 14.8 Å². The van der Waals surface area contributed by atoms with Gasteiger partial charge in [-0.2, -0.15) is 0 Å². The maximum Gasteiger partial charge on any atom is 0.195 e. The summed E-state index contributed by atoms with van der Waals surface area (Å²) < 4.78 is 1.87. The molecule has 17 heavy (non-hydrogen) atoms. The Balaban J connectivity index is 2.11. The molecule has 0 bridgehead atoms. The van der Waals surface area contributed by atoms with Crippen LogP contribution >= 0.6 is 11.8 Å². The zero-order valence-electron chi connectivity index (χ0n) is 9.87. The normalized spacial score (nSPS) is 12.6. The first-order valence-corrected chi connectivity index (χ1v) is 6.32. The number of hydrogen-bond donors (Lipinski definition) is 1. The maximum atomic E-state index is 9.69. The molecule has 90 valence electrons. The number of aromatic nitrogens is 3. The van der Waals surface area contributed by atoms with Gasteiger partial charge in [0, 0.05) is 11.9 Å². The van der Waals surface area contributed by atoms with E-state index in [4.69, 9.17) is 0 Å². The number of nitrogens with zero attached hydrogens (tertiary/aromatic N) is 3. The average molecular weight is 249 g/mol. The lowest BCUT2D eigenvalue weighted by atomic mass is 10.1. The van der Waals surface area contributed by atoms with Crippen LogP contribution in [0.3, 0.4) is 0 Å². The van der Waals surface area contributed by atoms with Crippen LogP contribution in [0.25, 0.3) is 0 Å². The Bertz CT molecular complexity index is 481. The number of aliphatic hydroxyl groups is 1. The summed E-state index contributed by atoms with van der Waals surface area (Å²) in [4.78, 5) is 1.09. The SMILES string of the molecule is CC[C@H](O)c1ccc(Sc2nncn2C)cc1. The predicted molar refractivity (Wildman–Crippen MR) is 66.8 cm³/mol. The molecule has 0 fully saturated rings. The molecule has 0 radical (unpaired) electrons. The van der Waals surface area contributed by atoms with Crippen LogP contribution < -0.4 is 0 Å². The first kappa shape index (κ1) is 12.1. The minimum atomic E-state index is -0.371. The lowest BCUT2D eigenvalue weighted by molar-refractivity contribution is 0.173. The summed E-state index contributed by atoms with van der Waals surface area (Å²) in [5, 5.41) is 18.4. The van der Waals surface area contributed by atoms with Crippen LogP contribution in [0.2, 0.25) is 0 Å². The van der Waals surface area contributed by atoms with Crippen LogP contribution in [0.5, 0.6) is 0 Å². The molecule has 0 unspecified atom stereocenters. The molecule has 0 aliphatic rings. The molecule has 0 aliphatic carbocycles. The zero-order valence-corrected chi connectivity index (χ0v) is 10.7. The molecule has 4 nitrogen and oxygen atoms in total. The van der Waals surface area contributed by atoms with Gasteiger partial charge in [0.2, 0.25) is 0 Å². The molecule has 0 saturated carbocycles. The molecule has 5 heteroatoms. The van der Waals surface area contributed by atoms with Gasteiger partial charge in [-0.3, -0.25) is 0 Å². The van der Waals surface area contributed by atoms with E-state index in [1.54, 1.807) is 18.1 Å². The van der Waals surface area contributed by atoms with Crippen molar-refractivity contribution in [3.8, 4) is 0 Å². The molecule has 1 N–H and O–H groups in total. The van der Waals surface area contributed by atoms with E-state index in [0.29, 0.717) is 0 Å². The van der Waals surface area contributed by atoms with E-state index < -0.39 is 0 Å². The van der Waals surface area contributed by atoms with Crippen LogP contribution in [0.1, 0.15) is 25.0 Å². The second-order valence-electron chi connectivity index (χ2n) is 3.82. The number of rotatable bonds is 4. The van der Waals surface area contributed by atoms with Gasteiger partial charge < -0.3 is 9.67 Å². The predicted octanol–water partition coefficient (Wildman–Crippen LogP) is 2.41. The number of hydrogen-bond acceptors (Lipinski definition) is 4. The highest BCUT2D eigenvalue weighted by Crippen LogP contribution is 2.27. The Morgan fingerprint density at radius 3 is 2.59 bits per heavy atom. The quantitative estimate of drug-likeness (QED) is 0.904. The number of benzene rings is 1. The standard InChI is InChI=1S/C12H15N3OS/c1-3-11(16)9-4-6-10(7-5-9)17-12-14-13-8-15(12)2/h4-8,11,16H,3H2,1-2H3/t11-/m0/s1. The van der Waals surface area contributed by atoms with Gasteiger partial charge in [-0.05, 0) is 35.9 Å². The number of aryl methyl sites for hydroxylation is 1. The minimum absolute atomic E-state index is 0.371. The fourth-order valence-corrected chi connectivity index (χ4v) is 2.23. The molecule has 1 aromatic carbocycles. The van der Waals surface area contributed by atoms with Crippen LogP contribution in [-0.4, -0.2) is 19.9 Å². The molecular formula is C12H15N3OS. The first-order chi connectivity index (χ1) is 8.20. The summed E-state index contributed by atoms with van der Waals surface area (Å²) in [7, 11) is 1.91. The van der Waals surface area contributed by atoms with Gasteiger partial charge in [0.25, 0.3) is 0 Å². The summed E-state index contributed by atoms with van der Waals surface area (Å²) in [5.41, 5.74) is 0.954. The molecule has 1 heterocycles. The van der Waals surface area contributed by atoms with Crippen molar-refractivity contribution >= 4 is 11.8 Å². The third kappa shape index (κ3) is 2.87. The fourth-order valence-electron chi connectivity index (χ4n) is 1.46. The second-order valence-corrected chi connectivity index (χ2v) is 4.86. The third-order valence-corrected chi connectivity index (χ3v) is 3.59. The molecule has 2 aromatic rings. The zero-order chi connectivity index (χ0) is 12.3. The van der Waals surface area contributed by atoms with Crippen molar-refractivity contribution < 1.29 is 5.11 Å². The summed E-state index contributed by atoms with van der Waals surface area (Å²) in [6, 6.07) is 7.89. The van der Waals surface area contributed by atoms with Gasteiger partial charge in [-0.1, -0.05) is 19.1 Å². The third-order valence-electron chi connectivity index (χ3n) is 2.53. The highest BCUT2D eigenvalue weighted by atomic mass is 32.2. The Hall–Kier alpha value is -1.33. The largest absolute Gasteiger partial charge is 0.388 e. The Labute approximate surface area is 105 Å². The second kappa shape index (κ2) is 5.33. The first-order valence-electron chi connectivity index (χ1n) is 5.50. The van der Waals surface area contributed by atoms with Gasteiger partial charge in [0.1, 0.15) is 6.33 Å². The molecule has 0 spiro atoms. The van der Waals surface area contributed by atoms with Gasteiger partial charge in [0.05, 0.1) is 6.10 Å². The van der Waals surface area contributed by atoms with Gasteiger partial charge in [0.15, 0.2) is 5.16 Å². The molecule has 2 rings (SSSR count). The smallest absolute Gasteiger partial charge is 0.195 e. The van der Waals surface area contributed by atoms with Gasteiger partial charge in [-0.15, -0.1) is 10.2 Å². The summed E-state index contributed by atoms with van der Waals surface area (Å²) in [6.45, 7) is 1.97. The van der Waals surface area contributed by atoms with Crippen LogP contribution in [0.15, 0.2) is 40.6 Å². The Morgan fingerprint density at radius 1 is 1.35 bits per heavy atom. The molecule has 0 amide bonds. The highest BCUT2D eigenvalue weighted by molar-refractivity contribution is 7.99. The summed E-state index contributed by atoms with van der Waals surface area (Å²) >= 11 is 1.56. The lowest BCUT2D eigenvalue weighted by Crippen LogP contribution is -1.94. The highest BCUT2D eigenvalue weighted by Gasteiger charge is 2.06. The minimum Gasteiger partial charge on any atom is -0.388 e. The fraction of sp³-hybridized carbons (Fsp3) is 0.333. The van der Waals surface area contributed by atoms with E-state index in [1.165, 1.54) is 0 Å². The van der Waals surface area contributed by atoms with E-state index in [0.717, 1.165) is 22.0 Å². The van der Waals surface area contributed by atoms with E-state index in [-0.39, 0.29) is 6.10 Å². The molecule has 0 saturated heterocycles. The van der Waals surface area contributed by atoms with Crippen molar-refractivity contribution in [3.05, 3.63) is 36.2 Å². The molecule has 1 aromatic heterocycles. The average Bonchev–Trinajstić information content (AvgIpc) is 2.75. The van der Waals surface area contributed by atoms with Crippen molar-refractivity contribution in [3.63, 3.8) is 0 Å². The monoisotopic (exact) mass is 249 g/mol. The van der Waals surface area contributed by atoms with Gasteiger partial charge >= 0.3 is 0 Å². The topological polar surface area (TPSA) is 50.9 Å². The van der Waals surface area contributed by atoms with Crippen LogP contribution in [0, 0.1) is 0 Å². The van der Waals surface area contributed by atoms with E-state index in [9.17, 15) is 5.11 Å². The van der Waals surface area contributed by atoms with Crippen LogP contribution in [-0.2, 0) is 7.05 Å². The van der Waals surface area contributed by atoms with E-state index in [2.05, 4.69) is 10.2 Å². The summed E-state index contributed by atoms with van der Waals surface area (Å²) in [5.74, 6) is 0. The molecular weight excluding hydrogens is 234 g/mol. The van der Waals surface area contributed by atoms with Crippen molar-refractivity contribution in [1.29, 1.82) is 0 Å². The Kier molecular flexibility index (Phi) is 3.81. The van der Waals surface area contributed by atoms with Crippen molar-refractivity contribution in [2.45, 2.75) is 29.5 Å². The maximum absolute atomic E-state index is 9.69. The van der Waals surface area contributed by atoms with E-state index >= 15 is 0 Å².